The van der Waals surface area contributed by atoms with Gasteiger partial charge in [-0.2, -0.15) is 4.98 Å². The third kappa shape index (κ3) is 6.29. The third-order valence-corrected chi connectivity index (χ3v) is 11.3. The van der Waals surface area contributed by atoms with Gasteiger partial charge in [0.25, 0.3) is 0 Å². The van der Waals surface area contributed by atoms with Crippen molar-refractivity contribution >= 4 is 58.0 Å². The van der Waals surface area contributed by atoms with E-state index < -0.39 is 7.92 Å². The van der Waals surface area contributed by atoms with Crippen LogP contribution >= 0.6 is 23.9 Å². The molecule has 0 bridgehead atoms. The van der Waals surface area contributed by atoms with Gasteiger partial charge in [-0.15, -0.1) is 0 Å². The summed E-state index contributed by atoms with van der Waals surface area (Å²) < 4.78 is 18.9. The van der Waals surface area contributed by atoms with Crippen molar-refractivity contribution in [3.8, 4) is 17.2 Å². The summed E-state index contributed by atoms with van der Waals surface area (Å²) in [4.78, 5) is 17.2. The van der Waals surface area contributed by atoms with Crippen molar-refractivity contribution in [3.05, 3.63) is 40.0 Å². The maximum Gasteiger partial charge on any atom is 0.229 e. The number of likely N-dealkylation sites (N-methyl/N-ethyl adjacent to an activating group) is 1. The lowest BCUT2D eigenvalue weighted by atomic mass is 9.97. The Morgan fingerprint density at radius 1 is 0.911 bits per heavy atom. The number of hydrogen-bond acceptors (Lipinski definition) is 10. The predicted molar refractivity (Wildman–Crippen MR) is 187 cm³/mol. The molecule has 2 N–H and O–H groups in total. The molecule has 2 aromatic carbocycles. The second-order valence-electron chi connectivity index (χ2n) is 12.6. The first-order valence-electron chi connectivity index (χ1n) is 16.0. The van der Waals surface area contributed by atoms with Crippen molar-refractivity contribution in [3.63, 3.8) is 0 Å². The van der Waals surface area contributed by atoms with Crippen molar-refractivity contribution in [2.24, 2.45) is 0 Å². The van der Waals surface area contributed by atoms with Crippen molar-refractivity contribution in [2.75, 3.05) is 95.0 Å². The number of aromatic nitrogens is 2. The van der Waals surface area contributed by atoms with Crippen LogP contribution in [0.15, 0.2) is 28.9 Å². The Kier molecular flexibility index (Phi) is 8.96. The molecule has 1 aromatic heterocycles. The molecule has 10 nitrogen and oxygen atoms in total. The van der Waals surface area contributed by atoms with Crippen LogP contribution in [0.1, 0.15) is 24.0 Å². The molecule has 0 saturated carbocycles. The summed E-state index contributed by atoms with van der Waals surface area (Å²) in [6, 6.07) is 6.90. The summed E-state index contributed by atoms with van der Waals surface area (Å²) in [6.45, 7) is 15.4. The Bertz CT molecular complexity index is 1560. The van der Waals surface area contributed by atoms with Gasteiger partial charge in [0.15, 0.2) is 11.5 Å². The Hall–Kier alpha value is -2.85. The van der Waals surface area contributed by atoms with Gasteiger partial charge >= 0.3 is 0 Å². The van der Waals surface area contributed by atoms with E-state index in [1.807, 2.05) is 12.1 Å². The Morgan fingerprint density at radius 3 is 2.44 bits per heavy atom. The minimum absolute atomic E-state index is 0.475. The summed E-state index contributed by atoms with van der Waals surface area (Å²) in [7, 11) is 1.76. The topological polar surface area (TPSA) is 87.2 Å². The molecule has 12 heteroatoms. The van der Waals surface area contributed by atoms with Crippen LogP contribution in [-0.2, 0) is 6.42 Å². The number of rotatable bonds is 7. The van der Waals surface area contributed by atoms with E-state index in [9.17, 15) is 0 Å². The average molecular weight is 697 g/mol. The van der Waals surface area contributed by atoms with Crippen molar-refractivity contribution in [2.45, 2.75) is 32.2 Å². The molecule has 240 valence electrons. The highest BCUT2D eigenvalue weighted by Gasteiger charge is 2.31. The normalized spacial score (nSPS) is 19.0. The van der Waals surface area contributed by atoms with E-state index in [1.165, 1.54) is 55.8 Å². The Labute approximate surface area is 275 Å². The molecule has 2 saturated heterocycles. The summed E-state index contributed by atoms with van der Waals surface area (Å²) >= 11 is 3.66. The standard InChI is InChI=1S/C33H43BrN7O3P/c1-21-19-26(29-23(9-16-43-29)28(21)41-10-7-22(8-11-41)40-14-12-39(2)13-15-40)37-33-35-20-24(34)32(38-33)36-25-5-6-27-30(31(25)45(3)4)44-18-17-42-27/h5-6,19-20,22H,7-18H2,1-4H3,(H2,35,36,37,38). The maximum absolute atomic E-state index is 6.25. The van der Waals surface area contributed by atoms with Gasteiger partial charge in [-0.1, -0.05) is 7.92 Å². The van der Waals surface area contributed by atoms with Gasteiger partial charge in [0.2, 0.25) is 5.95 Å². The summed E-state index contributed by atoms with van der Waals surface area (Å²) in [6.07, 6.45) is 5.12. The first-order valence-corrected chi connectivity index (χ1v) is 19.0. The molecule has 4 aliphatic rings. The monoisotopic (exact) mass is 695 g/mol. The quantitative estimate of drug-likeness (QED) is 0.317. The zero-order valence-electron chi connectivity index (χ0n) is 26.7. The third-order valence-electron chi connectivity index (χ3n) is 9.35. The molecule has 5 heterocycles. The van der Waals surface area contributed by atoms with E-state index in [2.05, 4.69) is 79.6 Å². The van der Waals surface area contributed by atoms with Gasteiger partial charge < -0.3 is 34.6 Å². The van der Waals surface area contributed by atoms with Gasteiger partial charge in [0.05, 0.1) is 22.5 Å². The van der Waals surface area contributed by atoms with Gasteiger partial charge in [0, 0.05) is 74.5 Å². The molecular weight excluding hydrogens is 653 g/mol. The number of nitrogens with one attached hydrogen (secondary N) is 2. The molecule has 0 unspecified atom stereocenters. The minimum Gasteiger partial charge on any atom is -0.491 e. The van der Waals surface area contributed by atoms with Crippen LogP contribution in [0.4, 0.5) is 28.8 Å². The van der Waals surface area contributed by atoms with Crippen molar-refractivity contribution in [1.82, 2.24) is 19.8 Å². The smallest absolute Gasteiger partial charge is 0.229 e. The first-order chi connectivity index (χ1) is 21.9. The van der Waals surface area contributed by atoms with E-state index in [0.29, 0.717) is 37.6 Å². The highest BCUT2D eigenvalue weighted by atomic mass is 79.9. The van der Waals surface area contributed by atoms with Crippen LogP contribution in [0.25, 0.3) is 0 Å². The molecule has 0 atom stereocenters. The fourth-order valence-electron chi connectivity index (χ4n) is 7.09. The van der Waals surface area contributed by atoms with E-state index in [0.717, 1.165) is 57.9 Å². The highest BCUT2D eigenvalue weighted by Crippen LogP contribution is 2.45. The highest BCUT2D eigenvalue weighted by molar-refractivity contribution is 9.10. The lowest BCUT2D eigenvalue weighted by molar-refractivity contribution is 0.0982. The maximum atomic E-state index is 6.25. The zero-order valence-corrected chi connectivity index (χ0v) is 29.1. The number of piperidine rings is 1. The number of aryl methyl sites for hydroxylation is 1. The van der Waals surface area contributed by atoms with Gasteiger partial charge in [-0.3, -0.25) is 4.90 Å². The largest absolute Gasteiger partial charge is 0.491 e. The molecule has 0 radical (unpaired) electrons. The number of nitrogens with zero attached hydrogens (tertiary/aromatic N) is 5. The van der Waals surface area contributed by atoms with Gasteiger partial charge in [-0.25, -0.2) is 4.98 Å². The van der Waals surface area contributed by atoms with E-state index in [-0.39, 0.29) is 0 Å². The number of anilines is 5. The number of ether oxygens (including phenoxy) is 3. The number of hydrogen-bond donors (Lipinski definition) is 2. The van der Waals surface area contributed by atoms with Crippen molar-refractivity contribution < 1.29 is 14.2 Å². The molecule has 0 spiro atoms. The van der Waals surface area contributed by atoms with Crippen LogP contribution < -0.4 is 35.0 Å². The molecule has 45 heavy (non-hydrogen) atoms. The SMILES string of the molecule is Cc1cc(Nc2ncc(Br)c(Nc3ccc4c(c3P(C)C)OCCO4)n2)c2c(c1N1CCC(N3CCN(C)CC3)CC1)CCO2. The Morgan fingerprint density at radius 2 is 1.67 bits per heavy atom. The minimum atomic E-state index is -0.475. The van der Waals surface area contributed by atoms with E-state index in [4.69, 9.17) is 19.2 Å². The van der Waals surface area contributed by atoms with Crippen LogP contribution in [0.3, 0.4) is 0 Å². The van der Waals surface area contributed by atoms with Crippen LogP contribution in [0, 0.1) is 6.92 Å². The molecule has 0 amide bonds. The molecule has 4 aliphatic heterocycles. The van der Waals surface area contributed by atoms with Crippen molar-refractivity contribution in [1.29, 1.82) is 0 Å². The molecule has 7 rings (SSSR count). The second kappa shape index (κ2) is 13.1. The summed E-state index contributed by atoms with van der Waals surface area (Å²) in [5, 5.41) is 8.17. The molecule has 0 aliphatic carbocycles. The second-order valence-corrected chi connectivity index (χ2v) is 15.7. The van der Waals surface area contributed by atoms with Gasteiger partial charge in [0.1, 0.15) is 24.8 Å². The summed E-state index contributed by atoms with van der Waals surface area (Å²) in [5.41, 5.74) is 5.78. The number of halogens is 1. The Balaban J connectivity index is 1.10. The number of fused-ring (bicyclic) bond motifs is 2. The van der Waals surface area contributed by atoms with E-state index >= 15 is 0 Å². The zero-order chi connectivity index (χ0) is 31.1. The fraction of sp³-hybridized carbons (Fsp3) is 0.515. The lowest BCUT2D eigenvalue weighted by Gasteiger charge is -2.43. The first kappa shape index (κ1) is 30.8. The van der Waals surface area contributed by atoms with Crippen LogP contribution in [0.2, 0.25) is 0 Å². The molecule has 3 aromatic rings. The average Bonchev–Trinajstić information content (AvgIpc) is 3.53. The number of piperazine rings is 1. The fourth-order valence-corrected chi connectivity index (χ4v) is 8.58. The number of benzene rings is 2. The predicted octanol–water partition coefficient (Wildman–Crippen LogP) is 5.32. The van der Waals surface area contributed by atoms with Crippen LogP contribution in [-0.4, -0.2) is 105 Å². The summed E-state index contributed by atoms with van der Waals surface area (Å²) in [5.74, 6) is 3.74. The van der Waals surface area contributed by atoms with E-state index in [1.54, 1.807) is 6.20 Å². The van der Waals surface area contributed by atoms with Crippen LogP contribution in [0.5, 0.6) is 17.2 Å². The molecule has 2 fully saturated rings. The lowest BCUT2D eigenvalue weighted by Crippen LogP contribution is -2.52. The molecular formula is C33H43BrN7O3P. The van der Waals surface area contributed by atoms with Gasteiger partial charge in [-0.05, 0) is 79.8 Å².